The third-order valence-electron chi connectivity index (χ3n) is 2.27. The fraction of sp³-hybridized carbons (Fsp3) is 0.800. The first-order valence-electron chi connectivity index (χ1n) is 5.35. The van der Waals surface area contributed by atoms with Crippen molar-refractivity contribution < 1.29 is 14.3 Å². The van der Waals surface area contributed by atoms with Gasteiger partial charge in [-0.05, 0) is 6.42 Å². The lowest BCUT2D eigenvalue weighted by molar-refractivity contribution is -0.133. The molecule has 1 rings (SSSR count). The van der Waals surface area contributed by atoms with Crippen LogP contribution in [-0.4, -0.2) is 61.6 Å². The predicted octanol–water partition coefficient (Wildman–Crippen LogP) is -0.286. The number of carbonyl (C=O) groups excluding carboxylic acids is 2. The molecule has 92 valence electrons. The van der Waals surface area contributed by atoms with Crippen LogP contribution in [0.5, 0.6) is 0 Å². The number of hydrogen-bond acceptors (Lipinski definition) is 4. The average molecular weight is 246 g/mol. The van der Waals surface area contributed by atoms with Crippen LogP contribution in [0.15, 0.2) is 0 Å². The van der Waals surface area contributed by atoms with Gasteiger partial charge >= 0.3 is 0 Å². The maximum absolute atomic E-state index is 11.7. The van der Waals surface area contributed by atoms with Crippen molar-refractivity contribution in [2.75, 3.05) is 44.9 Å². The minimum atomic E-state index is -0.0623. The SMILES string of the molecule is COCCSCC(=O)N1CCCNC(=O)C1. The lowest BCUT2D eigenvalue weighted by Crippen LogP contribution is -2.38. The normalized spacial score (nSPS) is 16.8. The number of hydrogen-bond donors (Lipinski definition) is 1. The summed E-state index contributed by atoms with van der Waals surface area (Å²) in [5, 5.41) is 2.75. The molecule has 0 bridgehead atoms. The summed E-state index contributed by atoms with van der Waals surface area (Å²) in [5.41, 5.74) is 0. The van der Waals surface area contributed by atoms with Crippen molar-refractivity contribution in [3.8, 4) is 0 Å². The van der Waals surface area contributed by atoms with E-state index in [1.165, 1.54) is 11.8 Å². The summed E-state index contributed by atoms with van der Waals surface area (Å²) >= 11 is 1.54. The first-order chi connectivity index (χ1) is 7.74. The Morgan fingerprint density at radius 1 is 1.62 bits per heavy atom. The molecule has 1 aliphatic heterocycles. The van der Waals surface area contributed by atoms with E-state index in [9.17, 15) is 9.59 Å². The number of carbonyl (C=O) groups is 2. The fourth-order valence-corrected chi connectivity index (χ4v) is 2.20. The van der Waals surface area contributed by atoms with E-state index in [0.29, 0.717) is 25.4 Å². The van der Waals surface area contributed by atoms with Crippen LogP contribution < -0.4 is 5.32 Å². The maximum Gasteiger partial charge on any atom is 0.239 e. The molecule has 0 unspecified atom stereocenters. The summed E-state index contributed by atoms with van der Waals surface area (Å²) < 4.78 is 4.90. The minimum Gasteiger partial charge on any atom is -0.384 e. The number of rotatable bonds is 5. The van der Waals surface area contributed by atoms with Crippen molar-refractivity contribution in [1.82, 2.24) is 10.2 Å². The van der Waals surface area contributed by atoms with E-state index < -0.39 is 0 Å². The molecule has 0 aliphatic carbocycles. The van der Waals surface area contributed by atoms with Crippen LogP contribution in [0.25, 0.3) is 0 Å². The van der Waals surface area contributed by atoms with Gasteiger partial charge in [0.15, 0.2) is 0 Å². The Kier molecular flexibility index (Phi) is 6.25. The van der Waals surface area contributed by atoms with E-state index in [4.69, 9.17) is 4.74 Å². The zero-order valence-corrected chi connectivity index (χ0v) is 10.3. The van der Waals surface area contributed by atoms with Crippen LogP contribution in [0.3, 0.4) is 0 Å². The molecule has 1 saturated heterocycles. The van der Waals surface area contributed by atoms with Crippen molar-refractivity contribution in [2.45, 2.75) is 6.42 Å². The van der Waals surface area contributed by atoms with Crippen LogP contribution in [0.2, 0.25) is 0 Å². The van der Waals surface area contributed by atoms with Crippen LogP contribution in [0.1, 0.15) is 6.42 Å². The molecular weight excluding hydrogens is 228 g/mol. The molecule has 0 aromatic rings. The molecular formula is C10H18N2O3S. The van der Waals surface area contributed by atoms with Crippen molar-refractivity contribution in [2.24, 2.45) is 0 Å². The van der Waals surface area contributed by atoms with Gasteiger partial charge in [-0.15, -0.1) is 11.8 Å². The number of methoxy groups -OCH3 is 1. The molecule has 1 aliphatic rings. The molecule has 2 amide bonds. The number of nitrogens with zero attached hydrogens (tertiary/aromatic N) is 1. The molecule has 0 aromatic carbocycles. The molecule has 1 N–H and O–H groups in total. The first kappa shape index (κ1) is 13.3. The number of nitrogens with one attached hydrogen (secondary N) is 1. The fourth-order valence-electron chi connectivity index (χ4n) is 1.41. The summed E-state index contributed by atoms with van der Waals surface area (Å²) in [6.07, 6.45) is 0.834. The van der Waals surface area contributed by atoms with Gasteiger partial charge in [0, 0.05) is 26.0 Å². The van der Waals surface area contributed by atoms with Crippen molar-refractivity contribution in [1.29, 1.82) is 0 Å². The highest BCUT2D eigenvalue weighted by molar-refractivity contribution is 7.99. The quantitative estimate of drug-likeness (QED) is 0.678. The molecule has 0 saturated carbocycles. The highest BCUT2D eigenvalue weighted by Crippen LogP contribution is 2.04. The summed E-state index contributed by atoms with van der Waals surface area (Å²) in [7, 11) is 1.64. The van der Waals surface area contributed by atoms with Gasteiger partial charge in [0.05, 0.1) is 18.9 Å². The van der Waals surface area contributed by atoms with Crippen molar-refractivity contribution >= 4 is 23.6 Å². The second-order valence-corrected chi connectivity index (χ2v) is 4.67. The van der Waals surface area contributed by atoms with Crippen LogP contribution in [-0.2, 0) is 14.3 Å². The molecule has 0 radical (unpaired) electrons. The predicted molar refractivity (Wildman–Crippen MR) is 63.4 cm³/mol. The Hall–Kier alpha value is -0.750. The number of amides is 2. The van der Waals surface area contributed by atoms with Gasteiger partial charge in [-0.3, -0.25) is 9.59 Å². The molecule has 16 heavy (non-hydrogen) atoms. The Morgan fingerprint density at radius 3 is 3.19 bits per heavy atom. The molecule has 0 aromatic heterocycles. The van der Waals surface area contributed by atoms with Gasteiger partial charge in [-0.2, -0.15) is 0 Å². The van der Waals surface area contributed by atoms with E-state index in [1.54, 1.807) is 12.0 Å². The van der Waals surface area contributed by atoms with Crippen molar-refractivity contribution in [3.63, 3.8) is 0 Å². The second kappa shape index (κ2) is 7.51. The molecule has 0 atom stereocenters. The topological polar surface area (TPSA) is 58.6 Å². The zero-order chi connectivity index (χ0) is 11.8. The van der Waals surface area contributed by atoms with Gasteiger partial charge in [0.2, 0.25) is 11.8 Å². The summed E-state index contributed by atoms with van der Waals surface area (Å²) in [6.45, 7) is 2.18. The van der Waals surface area contributed by atoms with E-state index in [0.717, 1.165) is 12.2 Å². The minimum absolute atomic E-state index is 0.0400. The summed E-state index contributed by atoms with van der Waals surface area (Å²) in [5.74, 6) is 1.21. The van der Waals surface area contributed by atoms with E-state index in [2.05, 4.69) is 5.32 Å². The van der Waals surface area contributed by atoms with Gasteiger partial charge < -0.3 is 15.0 Å². The van der Waals surface area contributed by atoms with Gasteiger partial charge in [0.1, 0.15) is 0 Å². The molecule has 1 heterocycles. The Balaban J connectivity index is 2.25. The third kappa shape index (κ3) is 4.85. The zero-order valence-electron chi connectivity index (χ0n) is 9.53. The van der Waals surface area contributed by atoms with Gasteiger partial charge in [-0.1, -0.05) is 0 Å². The first-order valence-corrected chi connectivity index (χ1v) is 6.50. The van der Waals surface area contributed by atoms with Gasteiger partial charge in [-0.25, -0.2) is 0 Å². The Labute approximate surface area is 99.9 Å². The molecule has 0 spiro atoms. The van der Waals surface area contributed by atoms with Crippen LogP contribution in [0.4, 0.5) is 0 Å². The summed E-state index contributed by atoms with van der Waals surface area (Å²) in [4.78, 5) is 24.6. The Bertz CT molecular complexity index is 248. The number of thioether (sulfide) groups is 1. The highest BCUT2D eigenvalue weighted by atomic mass is 32.2. The molecule has 6 heteroatoms. The monoisotopic (exact) mass is 246 g/mol. The van der Waals surface area contributed by atoms with Crippen LogP contribution >= 0.6 is 11.8 Å². The van der Waals surface area contributed by atoms with E-state index in [-0.39, 0.29) is 18.4 Å². The summed E-state index contributed by atoms with van der Waals surface area (Å²) in [6, 6.07) is 0. The van der Waals surface area contributed by atoms with Gasteiger partial charge in [0.25, 0.3) is 0 Å². The largest absolute Gasteiger partial charge is 0.384 e. The molecule has 1 fully saturated rings. The van der Waals surface area contributed by atoms with Crippen LogP contribution in [0, 0.1) is 0 Å². The average Bonchev–Trinajstić information content (AvgIpc) is 2.49. The lowest BCUT2D eigenvalue weighted by atomic mass is 10.4. The third-order valence-corrected chi connectivity index (χ3v) is 3.18. The second-order valence-electron chi connectivity index (χ2n) is 3.56. The lowest BCUT2D eigenvalue weighted by Gasteiger charge is -2.18. The van der Waals surface area contributed by atoms with E-state index >= 15 is 0 Å². The smallest absolute Gasteiger partial charge is 0.239 e. The van der Waals surface area contributed by atoms with Crippen molar-refractivity contribution in [3.05, 3.63) is 0 Å². The maximum atomic E-state index is 11.7. The number of ether oxygens (including phenoxy) is 1. The standard InChI is InChI=1S/C10H18N2O3S/c1-15-5-6-16-8-10(14)12-4-2-3-11-9(13)7-12/h2-8H2,1H3,(H,11,13). The highest BCUT2D eigenvalue weighted by Gasteiger charge is 2.18. The molecule has 5 nitrogen and oxygen atoms in total. The Morgan fingerprint density at radius 2 is 2.44 bits per heavy atom. The van der Waals surface area contributed by atoms with E-state index in [1.807, 2.05) is 0 Å².